The highest BCUT2D eigenvalue weighted by Gasteiger charge is 2.14. The Bertz CT molecular complexity index is 789. The fraction of sp³-hybridized carbons (Fsp3) is 0.200. The van der Waals surface area contributed by atoms with Crippen LogP contribution in [0.2, 0.25) is 0 Å². The molecule has 0 fully saturated rings. The molecule has 3 aromatic rings. The summed E-state index contributed by atoms with van der Waals surface area (Å²) < 4.78 is 16.1. The van der Waals surface area contributed by atoms with Gasteiger partial charge in [0.2, 0.25) is 0 Å². The van der Waals surface area contributed by atoms with Crippen molar-refractivity contribution >= 4 is 27.7 Å². The van der Waals surface area contributed by atoms with Crippen molar-refractivity contribution in [3.05, 3.63) is 52.6 Å². The summed E-state index contributed by atoms with van der Waals surface area (Å²) in [6.45, 7) is 2.74. The molecular weight excluding hydrogens is 381 g/mol. The molecule has 0 spiro atoms. The van der Waals surface area contributed by atoms with Crippen LogP contribution < -0.4 is 0 Å². The van der Waals surface area contributed by atoms with E-state index in [-0.39, 0.29) is 5.82 Å². The zero-order chi connectivity index (χ0) is 16.2. The number of thioether (sulfide) groups is 1. The summed E-state index contributed by atoms with van der Waals surface area (Å²) in [4.78, 5) is 8.32. The summed E-state index contributed by atoms with van der Waals surface area (Å²) in [5, 5.41) is 9.21. The van der Waals surface area contributed by atoms with Crippen LogP contribution in [0.15, 0.2) is 46.4 Å². The number of benzene rings is 1. The first kappa shape index (κ1) is 16.1. The molecule has 0 aliphatic rings. The molecule has 0 saturated carbocycles. The van der Waals surface area contributed by atoms with Gasteiger partial charge < -0.3 is 4.57 Å². The van der Waals surface area contributed by atoms with Crippen LogP contribution in [0.5, 0.6) is 0 Å². The van der Waals surface area contributed by atoms with Gasteiger partial charge in [0.15, 0.2) is 11.0 Å². The molecule has 0 amide bonds. The van der Waals surface area contributed by atoms with Crippen molar-refractivity contribution in [1.29, 1.82) is 0 Å². The van der Waals surface area contributed by atoms with Gasteiger partial charge in [-0.3, -0.25) is 4.98 Å². The molecule has 0 unspecified atom stereocenters. The molecule has 0 saturated heterocycles. The lowest BCUT2D eigenvalue weighted by Crippen LogP contribution is -2.01. The van der Waals surface area contributed by atoms with Crippen LogP contribution in [0, 0.1) is 5.82 Å². The molecule has 0 aliphatic heterocycles. The first-order valence-corrected chi connectivity index (χ1v) is 8.72. The summed E-state index contributed by atoms with van der Waals surface area (Å²) in [5.41, 5.74) is 1.57. The maximum absolute atomic E-state index is 13.4. The normalized spacial score (nSPS) is 10.9. The molecule has 0 atom stereocenters. The van der Waals surface area contributed by atoms with E-state index in [9.17, 15) is 4.39 Å². The molecule has 3 rings (SSSR count). The topological polar surface area (TPSA) is 56.5 Å². The lowest BCUT2D eigenvalue weighted by molar-refractivity contribution is 0.625. The quantitative estimate of drug-likeness (QED) is 0.614. The van der Waals surface area contributed by atoms with E-state index in [0.717, 1.165) is 15.2 Å². The van der Waals surface area contributed by atoms with E-state index in [1.165, 1.54) is 23.9 Å². The fourth-order valence-electron chi connectivity index (χ4n) is 2.13. The monoisotopic (exact) mass is 393 g/mol. The van der Waals surface area contributed by atoms with Crippen LogP contribution in [0.25, 0.3) is 11.5 Å². The molecule has 118 valence electrons. The Kier molecular flexibility index (Phi) is 5.02. The summed E-state index contributed by atoms with van der Waals surface area (Å²) in [6, 6.07) is 4.86. The van der Waals surface area contributed by atoms with Gasteiger partial charge in [-0.25, -0.2) is 9.37 Å². The van der Waals surface area contributed by atoms with Gasteiger partial charge in [-0.05, 0) is 30.7 Å². The molecular formula is C15H13BrFN5S. The van der Waals surface area contributed by atoms with Gasteiger partial charge >= 0.3 is 0 Å². The average Bonchev–Trinajstić information content (AvgIpc) is 2.96. The third-order valence-electron chi connectivity index (χ3n) is 3.12. The predicted molar refractivity (Wildman–Crippen MR) is 90.4 cm³/mol. The SMILES string of the molecule is CCn1c(SCc2cc(F)cc(Br)c2)nnc1-c1cnccn1. The molecule has 2 aromatic heterocycles. The van der Waals surface area contributed by atoms with Crippen LogP contribution >= 0.6 is 27.7 Å². The number of aromatic nitrogens is 5. The number of hydrogen-bond donors (Lipinski definition) is 0. The molecule has 0 bridgehead atoms. The Labute approximate surface area is 145 Å². The molecule has 8 heteroatoms. The number of halogens is 2. The lowest BCUT2D eigenvalue weighted by atomic mass is 10.2. The number of hydrogen-bond acceptors (Lipinski definition) is 5. The summed E-state index contributed by atoms with van der Waals surface area (Å²) in [7, 11) is 0. The van der Waals surface area contributed by atoms with Gasteiger partial charge in [-0.1, -0.05) is 27.7 Å². The highest BCUT2D eigenvalue weighted by Crippen LogP contribution is 2.26. The standard InChI is InChI=1S/C15H13BrFN5S/c1-2-22-14(13-8-18-3-4-19-13)20-21-15(22)23-9-10-5-11(16)7-12(17)6-10/h3-8H,2,9H2,1H3. The second-order valence-corrected chi connectivity index (χ2v) is 6.57. The zero-order valence-electron chi connectivity index (χ0n) is 12.3. The van der Waals surface area contributed by atoms with E-state index in [1.807, 2.05) is 17.6 Å². The molecule has 5 nitrogen and oxygen atoms in total. The minimum atomic E-state index is -0.257. The van der Waals surface area contributed by atoms with Crippen molar-refractivity contribution in [2.75, 3.05) is 0 Å². The second-order valence-electron chi connectivity index (χ2n) is 4.71. The van der Waals surface area contributed by atoms with E-state index in [2.05, 4.69) is 36.1 Å². The molecule has 2 heterocycles. The van der Waals surface area contributed by atoms with Gasteiger partial charge in [0, 0.05) is 29.2 Å². The zero-order valence-corrected chi connectivity index (χ0v) is 14.7. The second kappa shape index (κ2) is 7.18. The van der Waals surface area contributed by atoms with Gasteiger partial charge in [0.25, 0.3) is 0 Å². The molecule has 0 radical (unpaired) electrons. The highest BCUT2D eigenvalue weighted by atomic mass is 79.9. The van der Waals surface area contributed by atoms with Crippen LogP contribution in [-0.2, 0) is 12.3 Å². The van der Waals surface area contributed by atoms with Crippen molar-refractivity contribution in [2.45, 2.75) is 24.4 Å². The van der Waals surface area contributed by atoms with Gasteiger partial charge in [0.05, 0.1) is 6.20 Å². The summed E-state index contributed by atoms with van der Waals surface area (Å²) in [6.07, 6.45) is 4.91. The Morgan fingerprint density at radius 3 is 2.78 bits per heavy atom. The van der Waals surface area contributed by atoms with Crippen LogP contribution in [0.1, 0.15) is 12.5 Å². The van der Waals surface area contributed by atoms with Crippen molar-refractivity contribution in [3.8, 4) is 11.5 Å². The van der Waals surface area contributed by atoms with Crippen molar-refractivity contribution in [3.63, 3.8) is 0 Å². The van der Waals surface area contributed by atoms with Crippen molar-refractivity contribution < 1.29 is 4.39 Å². The Balaban J connectivity index is 1.82. The summed E-state index contributed by atoms with van der Waals surface area (Å²) in [5.74, 6) is 1.03. The third-order valence-corrected chi connectivity index (χ3v) is 4.61. The largest absolute Gasteiger partial charge is 0.301 e. The fourth-order valence-corrected chi connectivity index (χ4v) is 3.57. The van der Waals surface area contributed by atoms with E-state index in [1.54, 1.807) is 18.6 Å². The van der Waals surface area contributed by atoms with E-state index >= 15 is 0 Å². The van der Waals surface area contributed by atoms with Crippen molar-refractivity contribution in [2.24, 2.45) is 0 Å². The molecule has 23 heavy (non-hydrogen) atoms. The smallest absolute Gasteiger partial charge is 0.191 e. The molecule has 0 aliphatic carbocycles. The maximum atomic E-state index is 13.4. The van der Waals surface area contributed by atoms with E-state index < -0.39 is 0 Å². The highest BCUT2D eigenvalue weighted by molar-refractivity contribution is 9.10. The van der Waals surface area contributed by atoms with Gasteiger partial charge in [-0.2, -0.15) is 0 Å². The summed E-state index contributed by atoms with van der Waals surface area (Å²) >= 11 is 4.82. The molecule has 0 N–H and O–H groups in total. The first-order chi connectivity index (χ1) is 11.2. The van der Waals surface area contributed by atoms with Gasteiger partial charge in [0.1, 0.15) is 11.5 Å². The first-order valence-electron chi connectivity index (χ1n) is 6.94. The van der Waals surface area contributed by atoms with Crippen LogP contribution in [0.4, 0.5) is 4.39 Å². The minimum Gasteiger partial charge on any atom is -0.301 e. The van der Waals surface area contributed by atoms with Gasteiger partial charge in [-0.15, -0.1) is 10.2 Å². The Morgan fingerprint density at radius 1 is 1.22 bits per heavy atom. The van der Waals surface area contributed by atoms with Crippen molar-refractivity contribution in [1.82, 2.24) is 24.7 Å². The number of rotatable bonds is 5. The Morgan fingerprint density at radius 2 is 2.09 bits per heavy atom. The van der Waals surface area contributed by atoms with E-state index in [4.69, 9.17) is 0 Å². The third kappa shape index (κ3) is 3.76. The van der Waals surface area contributed by atoms with E-state index in [0.29, 0.717) is 23.8 Å². The van der Waals surface area contributed by atoms with Crippen LogP contribution in [-0.4, -0.2) is 24.7 Å². The lowest BCUT2D eigenvalue weighted by Gasteiger charge is -2.07. The molecule has 1 aromatic carbocycles. The predicted octanol–water partition coefficient (Wildman–Crippen LogP) is 3.95. The van der Waals surface area contributed by atoms with Crippen LogP contribution in [0.3, 0.4) is 0 Å². The average molecular weight is 394 g/mol. The Hall–Kier alpha value is -1.80. The maximum Gasteiger partial charge on any atom is 0.191 e. The minimum absolute atomic E-state index is 0.257. The number of nitrogens with zero attached hydrogens (tertiary/aromatic N) is 5.